The van der Waals surface area contributed by atoms with Crippen molar-refractivity contribution in [2.24, 2.45) is 11.7 Å². The summed E-state index contributed by atoms with van der Waals surface area (Å²) in [5.74, 6) is 0.841. The molecule has 1 rings (SSSR count). The maximum atomic E-state index is 11.4. The molecule has 0 aromatic carbocycles. The van der Waals surface area contributed by atoms with Gasteiger partial charge in [0, 0.05) is 6.92 Å². The van der Waals surface area contributed by atoms with Gasteiger partial charge in [-0.15, -0.1) is 12.4 Å². The molecule has 1 heterocycles. The third-order valence-corrected chi connectivity index (χ3v) is 2.01. The minimum atomic E-state index is -0.502. The minimum Gasteiger partial charge on any atom is -0.347 e. The fourth-order valence-electron chi connectivity index (χ4n) is 1.000. The Hall–Kier alpha value is -1.14. The molecule has 92 valence electrons. The molecule has 0 radical (unpaired) electrons. The van der Waals surface area contributed by atoms with Gasteiger partial charge >= 0.3 is 0 Å². The summed E-state index contributed by atoms with van der Waals surface area (Å²) in [5, 5.41) is 6.29. The number of halogens is 1. The highest BCUT2D eigenvalue weighted by atomic mass is 35.5. The van der Waals surface area contributed by atoms with Crippen LogP contribution in [0.2, 0.25) is 0 Å². The lowest BCUT2D eigenvalue weighted by Gasteiger charge is -2.14. The molecule has 0 fully saturated rings. The van der Waals surface area contributed by atoms with Crippen LogP contribution in [0.15, 0.2) is 4.52 Å². The van der Waals surface area contributed by atoms with Gasteiger partial charge in [0.25, 0.3) is 0 Å². The number of amides is 1. The lowest BCUT2D eigenvalue weighted by atomic mass is 10.1. The number of carbonyl (C=O) groups excluding carboxylic acids is 1. The molecule has 0 aliphatic carbocycles. The van der Waals surface area contributed by atoms with Crippen LogP contribution in [0.25, 0.3) is 0 Å². The van der Waals surface area contributed by atoms with E-state index in [4.69, 9.17) is 10.3 Å². The summed E-state index contributed by atoms with van der Waals surface area (Å²) in [4.78, 5) is 15.4. The fraction of sp³-hybridized carbons (Fsp3) is 0.667. The highest BCUT2D eigenvalue weighted by Gasteiger charge is 2.17. The van der Waals surface area contributed by atoms with Crippen molar-refractivity contribution in [2.45, 2.75) is 33.4 Å². The molecular weight excluding hydrogens is 232 g/mol. The van der Waals surface area contributed by atoms with Crippen molar-refractivity contribution in [2.75, 3.05) is 0 Å². The summed E-state index contributed by atoms with van der Waals surface area (Å²) < 4.78 is 4.76. The van der Waals surface area contributed by atoms with Gasteiger partial charge < -0.3 is 15.6 Å². The SMILES string of the molecule is Cc1nc(CNC(=O)[C@@H](N)C(C)C)no1.Cl. The molecule has 0 saturated heterocycles. The first-order valence-electron chi connectivity index (χ1n) is 4.83. The van der Waals surface area contributed by atoms with Crippen molar-refractivity contribution in [3.8, 4) is 0 Å². The lowest BCUT2D eigenvalue weighted by Crippen LogP contribution is -2.43. The van der Waals surface area contributed by atoms with E-state index in [1.54, 1.807) is 6.92 Å². The molecule has 1 aromatic rings. The highest BCUT2D eigenvalue weighted by molar-refractivity contribution is 5.85. The molecule has 6 nitrogen and oxygen atoms in total. The molecule has 7 heteroatoms. The number of carbonyl (C=O) groups is 1. The molecule has 0 saturated carbocycles. The number of aryl methyl sites for hydroxylation is 1. The van der Waals surface area contributed by atoms with Crippen molar-refractivity contribution >= 4 is 18.3 Å². The summed E-state index contributed by atoms with van der Waals surface area (Å²) in [7, 11) is 0. The fourth-order valence-corrected chi connectivity index (χ4v) is 1.000. The van der Waals surface area contributed by atoms with Gasteiger partial charge in [0.2, 0.25) is 11.8 Å². The van der Waals surface area contributed by atoms with Crippen LogP contribution in [-0.4, -0.2) is 22.1 Å². The van der Waals surface area contributed by atoms with Crippen molar-refractivity contribution < 1.29 is 9.32 Å². The van der Waals surface area contributed by atoms with Crippen LogP contribution in [-0.2, 0) is 11.3 Å². The second-order valence-corrected chi connectivity index (χ2v) is 3.72. The number of aromatic nitrogens is 2. The molecule has 0 aliphatic heterocycles. The summed E-state index contributed by atoms with van der Waals surface area (Å²) in [6.07, 6.45) is 0. The number of hydrogen-bond acceptors (Lipinski definition) is 5. The van der Waals surface area contributed by atoms with E-state index in [0.717, 1.165) is 0 Å². The summed E-state index contributed by atoms with van der Waals surface area (Å²) in [5.41, 5.74) is 5.65. The summed E-state index contributed by atoms with van der Waals surface area (Å²) in [6, 6.07) is -0.502. The zero-order valence-electron chi connectivity index (χ0n) is 9.56. The maximum Gasteiger partial charge on any atom is 0.237 e. The van der Waals surface area contributed by atoms with Crippen LogP contribution in [0.5, 0.6) is 0 Å². The number of nitrogens with zero attached hydrogens (tertiary/aromatic N) is 2. The maximum absolute atomic E-state index is 11.4. The molecule has 1 atom stereocenters. The van der Waals surface area contributed by atoms with Gasteiger partial charge in [0.05, 0.1) is 12.6 Å². The van der Waals surface area contributed by atoms with Crippen molar-refractivity contribution in [3.63, 3.8) is 0 Å². The zero-order chi connectivity index (χ0) is 11.4. The van der Waals surface area contributed by atoms with E-state index in [1.807, 2.05) is 13.8 Å². The normalized spacial score (nSPS) is 12.1. The second kappa shape index (κ2) is 6.44. The third-order valence-electron chi connectivity index (χ3n) is 2.01. The van der Waals surface area contributed by atoms with Gasteiger partial charge in [-0.1, -0.05) is 19.0 Å². The smallest absolute Gasteiger partial charge is 0.237 e. The van der Waals surface area contributed by atoms with Crippen LogP contribution in [0.4, 0.5) is 0 Å². The standard InChI is InChI=1S/C9H16N4O2.ClH/c1-5(2)8(10)9(14)11-4-7-12-6(3)15-13-7;/h5,8H,4,10H2,1-3H3,(H,11,14);1H/t8-;/m0./s1. The molecule has 1 aromatic heterocycles. The number of hydrogen-bond donors (Lipinski definition) is 2. The van der Waals surface area contributed by atoms with Crippen LogP contribution in [0, 0.1) is 12.8 Å². The van der Waals surface area contributed by atoms with Gasteiger partial charge in [0.1, 0.15) is 0 Å². The first-order chi connectivity index (χ1) is 7.00. The average Bonchev–Trinajstić information content (AvgIpc) is 2.59. The largest absolute Gasteiger partial charge is 0.347 e. The Bertz CT molecular complexity index is 340. The Morgan fingerprint density at radius 1 is 1.56 bits per heavy atom. The van der Waals surface area contributed by atoms with E-state index in [9.17, 15) is 4.79 Å². The Kier molecular flexibility index (Phi) is 5.98. The number of nitrogens with one attached hydrogen (secondary N) is 1. The molecule has 0 bridgehead atoms. The first kappa shape index (κ1) is 14.9. The van der Waals surface area contributed by atoms with Crippen LogP contribution in [0.1, 0.15) is 25.6 Å². The first-order valence-corrected chi connectivity index (χ1v) is 4.83. The van der Waals surface area contributed by atoms with Crippen molar-refractivity contribution in [1.82, 2.24) is 15.5 Å². The topological polar surface area (TPSA) is 94.0 Å². The monoisotopic (exact) mass is 248 g/mol. The Morgan fingerprint density at radius 3 is 2.62 bits per heavy atom. The summed E-state index contributed by atoms with van der Waals surface area (Å²) in [6.45, 7) is 5.72. The zero-order valence-corrected chi connectivity index (χ0v) is 10.4. The van der Waals surface area contributed by atoms with Gasteiger partial charge in [-0.2, -0.15) is 4.98 Å². The van der Waals surface area contributed by atoms with E-state index in [1.165, 1.54) is 0 Å². The number of rotatable bonds is 4. The van der Waals surface area contributed by atoms with E-state index in [0.29, 0.717) is 11.7 Å². The van der Waals surface area contributed by atoms with E-state index in [2.05, 4.69) is 15.5 Å². The van der Waals surface area contributed by atoms with E-state index >= 15 is 0 Å². The van der Waals surface area contributed by atoms with Gasteiger partial charge in [-0.3, -0.25) is 4.79 Å². The van der Waals surface area contributed by atoms with Crippen molar-refractivity contribution in [3.05, 3.63) is 11.7 Å². The van der Waals surface area contributed by atoms with Crippen LogP contribution in [0.3, 0.4) is 0 Å². The summed E-state index contributed by atoms with van der Waals surface area (Å²) >= 11 is 0. The number of nitrogens with two attached hydrogens (primary N) is 1. The molecule has 0 spiro atoms. The predicted octanol–water partition coefficient (Wildman–Crippen LogP) is 0.399. The lowest BCUT2D eigenvalue weighted by molar-refractivity contribution is -0.123. The quantitative estimate of drug-likeness (QED) is 0.804. The van der Waals surface area contributed by atoms with Crippen LogP contribution < -0.4 is 11.1 Å². The Morgan fingerprint density at radius 2 is 2.19 bits per heavy atom. The molecule has 3 N–H and O–H groups in total. The van der Waals surface area contributed by atoms with E-state index < -0.39 is 6.04 Å². The van der Waals surface area contributed by atoms with Gasteiger partial charge in [0.15, 0.2) is 5.82 Å². The molecular formula is C9H17ClN4O2. The third kappa shape index (κ3) is 4.16. The Balaban J connectivity index is 0.00000225. The Labute approximate surface area is 100 Å². The average molecular weight is 249 g/mol. The van der Waals surface area contributed by atoms with Gasteiger partial charge in [-0.25, -0.2) is 0 Å². The minimum absolute atomic E-state index is 0. The predicted molar refractivity (Wildman–Crippen MR) is 60.9 cm³/mol. The second-order valence-electron chi connectivity index (χ2n) is 3.72. The molecule has 0 aliphatic rings. The van der Waals surface area contributed by atoms with Crippen LogP contribution >= 0.6 is 12.4 Å². The molecule has 0 unspecified atom stereocenters. The van der Waals surface area contributed by atoms with Gasteiger partial charge in [-0.05, 0) is 5.92 Å². The van der Waals surface area contributed by atoms with E-state index in [-0.39, 0.29) is 30.8 Å². The van der Waals surface area contributed by atoms with Crippen molar-refractivity contribution in [1.29, 1.82) is 0 Å². The molecule has 1 amide bonds. The highest BCUT2D eigenvalue weighted by Crippen LogP contribution is 1.99. The molecule has 16 heavy (non-hydrogen) atoms.